The van der Waals surface area contributed by atoms with Crippen molar-refractivity contribution in [3.8, 4) is 0 Å². The van der Waals surface area contributed by atoms with E-state index in [1.165, 1.54) is 24.0 Å². The molecule has 1 aliphatic carbocycles. The highest BCUT2D eigenvalue weighted by Gasteiger charge is 2.24. The first-order chi connectivity index (χ1) is 6.40. The van der Waals surface area contributed by atoms with E-state index < -0.39 is 0 Å². The van der Waals surface area contributed by atoms with Gasteiger partial charge < -0.3 is 5.73 Å². The van der Waals surface area contributed by atoms with E-state index in [4.69, 9.17) is 5.73 Å². The lowest BCUT2D eigenvalue weighted by Gasteiger charge is -2.01. The molecule has 0 bridgehead atoms. The van der Waals surface area contributed by atoms with Crippen LogP contribution >= 0.6 is 0 Å². The summed E-state index contributed by atoms with van der Waals surface area (Å²) in [7, 11) is 0. The summed E-state index contributed by atoms with van der Waals surface area (Å²) in [5, 5.41) is 0. The molecule has 1 saturated carbocycles. The molecule has 0 spiro atoms. The van der Waals surface area contributed by atoms with E-state index in [9.17, 15) is 0 Å². The van der Waals surface area contributed by atoms with Crippen LogP contribution < -0.4 is 5.73 Å². The van der Waals surface area contributed by atoms with Gasteiger partial charge in [-0.3, -0.25) is 0 Å². The first kappa shape index (κ1) is 8.52. The second-order valence-electron chi connectivity index (χ2n) is 3.61. The van der Waals surface area contributed by atoms with Crippen molar-refractivity contribution in [2.45, 2.75) is 12.8 Å². The topological polar surface area (TPSA) is 26.0 Å². The van der Waals surface area contributed by atoms with Crippen LogP contribution in [0.2, 0.25) is 0 Å². The Morgan fingerprint density at radius 1 is 1.31 bits per heavy atom. The highest BCUT2D eigenvalue weighted by atomic mass is 14.5. The van der Waals surface area contributed by atoms with Gasteiger partial charge in [-0.05, 0) is 24.3 Å². The van der Waals surface area contributed by atoms with Crippen molar-refractivity contribution < 1.29 is 0 Å². The molecule has 0 unspecified atom stereocenters. The predicted octanol–water partition coefficient (Wildman–Crippen LogP) is 2.44. The lowest BCUT2D eigenvalue weighted by atomic mass is 10.1. The van der Waals surface area contributed by atoms with Gasteiger partial charge in [0.15, 0.2) is 0 Å². The average molecular weight is 173 g/mol. The van der Waals surface area contributed by atoms with E-state index in [-0.39, 0.29) is 0 Å². The smallest absolute Gasteiger partial charge is 0.0142 e. The van der Waals surface area contributed by atoms with Gasteiger partial charge in [-0.1, -0.05) is 42.0 Å². The van der Waals surface area contributed by atoms with Crippen LogP contribution in [-0.2, 0) is 0 Å². The van der Waals surface area contributed by atoms with Crippen molar-refractivity contribution in [1.29, 1.82) is 0 Å². The monoisotopic (exact) mass is 173 g/mol. The highest BCUT2D eigenvalue weighted by molar-refractivity contribution is 5.54. The molecule has 1 fully saturated rings. The molecule has 0 aliphatic heterocycles. The first-order valence-corrected chi connectivity index (χ1v) is 4.86. The third-order valence-corrected chi connectivity index (χ3v) is 2.49. The molecule has 13 heavy (non-hydrogen) atoms. The Labute approximate surface area is 79.3 Å². The van der Waals surface area contributed by atoms with Gasteiger partial charge in [0.05, 0.1) is 0 Å². The van der Waals surface area contributed by atoms with Gasteiger partial charge in [0, 0.05) is 6.54 Å². The minimum absolute atomic E-state index is 0.708. The maximum atomic E-state index is 5.69. The summed E-state index contributed by atoms with van der Waals surface area (Å²) < 4.78 is 0. The number of rotatable bonds is 3. The van der Waals surface area contributed by atoms with E-state index in [2.05, 4.69) is 30.3 Å². The third kappa shape index (κ3) is 2.19. The SMILES string of the molecule is NC/C(=C\c1ccccc1)C1CC1. The van der Waals surface area contributed by atoms with Crippen molar-refractivity contribution in [1.82, 2.24) is 0 Å². The third-order valence-electron chi connectivity index (χ3n) is 2.49. The fourth-order valence-corrected chi connectivity index (χ4v) is 1.56. The van der Waals surface area contributed by atoms with Gasteiger partial charge in [0.25, 0.3) is 0 Å². The van der Waals surface area contributed by atoms with E-state index in [0.29, 0.717) is 6.54 Å². The maximum absolute atomic E-state index is 5.69. The summed E-state index contributed by atoms with van der Waals surface area (Å²) in [5.41, 5.74) is 8.37. The molecule has 0 amide bonds. The van der Waals surface area contributed by atoms with Gasteiger partial charge in [-0.25, -0.2) is 0 Å². The molecule has 0 aromatic heterocycles. The van der Waals surface area contributed by atoms with Crippen molar-refractivity contribution >= 4 is 6.08 Å². The molecule has 2 N–H and O–H groups in total. The van der Waals surface area contributed by atoms with Crippen LogP contribution in [0.25, 0.3) is 6.08 Å². The molecule has 1 aliphatic rings. The zero-order valence-electron chi connectivity index (χ0n) is 7.74. The Balaban J connectivity index is 2.17. The number of nitrogens with two attached hydrogens (primary N) is 1. The van der Waals surface area contributed by atoms with Crippen LogP contribution in [0.5, 0.6) is 0 Å². The molecular formula is C12H15N. The van der Waals surface area contributed by atoms with Gasteiger partial charge in [-0.2, -0.15) is 0 Å². The van der Waals surface area contributed by atoms with Crippen LogP contribution in [-0.4, -0.2) is 6.54 Å². The van der Waals surface area contributed by atoms with Gasteiger partial charge in [0.2, 0.25) is 0 Å². The Kier molecular flexibility index (Phi) is 2.46. The molecule has 0 heterocycles. The summed E-state index contributed by atoms with van der Waals surface area (Å²) in [6.07, 6.45) is 4.89. The Morgan fingerprint density at radius 2 is 2.00 bits per heavy atom. The normalized spacial score (nSPS) is 17.5. The van der Waals surface area contributed by atoms with E-state index in [0.717, 1.165) is 5.92 Å². The minimum Gasteiger partial charge on any atom is -0.327 e. The zero-order chi connectivity index (χ0) is 9.10. The van der Waals surface area contributed by atoms with Crippen molar-refractivity contribution in [3.63, 3.8) is 0 Å². The van der Waals surface area contributed by atoms with Crippen molar-refractivity contribution in [3.05, 3.63) is 41.5 Å². The zero-order valence-corrected chi connectivity index (χ0v) is 7.74. The first-order valence-electron chi connectivity index (χ1n) is 4.86. The molecule has 1 aromatic carbocycles. The van der Waals surface area contributed by atoms with Crippen LogP contribution in [0.3, 0.4) is 0 Å². The molecule has 1 nitrogen and oxygen atoms in total. The second-order valence-corrected chi connectivity index (χ2v) is 3.61. The second kappa shape index (κ2) is 3.75. The predicted molar refractivity (Wildman–Crippen MR) is 56.2 cm³/mol. The summed E-state index contributed by atoms with van der Waals surface area (Å²) >= 11 is 0. The standard InChI is InChI=1S/C12H15N/c13-9-12(11-6-7-11)8-10-4-2-1-3-5-10/h1-5,8,11H,6-7,9,13H2/b12-8+. The van der Waals surface area contributed by atoms with Crippen molar-refractivity contribution in [2.75, 3.05) is 6.54 Å². The molecule has 0 saturated heterocycles. The molecule has 1 aromatic rings. The largest absolute Gasteiger partial charge is 0.327 e. The van der Waals surface area contributed by atoms with E-state index in [1.54, 1.807) is 0 Å². The fraction of sp³-hybridized carbons (Fsp3) is 0.333. The summed E-state index contributed by atoms with van der Waals surface area (Å²) in [5.74, 6) is 0.783. The molecule has 0 radical (unpaired) electrons. The number of hydrogen-bond acceptors (Lipinski definition) is 1. The molecule has 0 atom stereocenters. The van der Waals surface area contributed by atoms with Crippen molar-refractivity contribution in [2.24, 2.45) is 11.7 Å². The highest BCUT2D eigenvalue weighted by Crippen LogP contribution is 2.36. The van der Waals surface area contributed by atoms with Crippen LogP contribution in [0, 0.1) is 5.92 Å². The fourth-order valence-electron chi connectivity index (χ4n) is 1.56. The summed E-state index contributed by atoms with van der Waals surface area (Å²) in [6.45, 7) is 0.708. The van der Waals surface area contributed by atoms with Gasteiger partial charge in [0.1, 0.15) is 0 Å². The van der Waals surface area contributed by atoms with Gasteiger partial charge >= 0.3 is 0 Å². The van der Waals surface area contributed by atoms with Crippen LogP contribution in [0.1, 0.15) is 18.4 Å². The van der Waals surface area contributed by atoms with Gasteiger partial charge in [-0.15, -0.1) is 0 Å². The van der Waals surface area contributed by atoms with Crippen LogP contribution in [0.15, 0.2) is 35.9 Å². The van der Waals surface area contributed by atoms with Crippen LogP contribution in [0.4, 0.5) is 0 Å². The Bertz CT molecular complexity index is 296. The lowest BCUT2D eigenvalue weighted by Crippen LogP contribution is -2.04. The Hall–Kier alpha value is -1.08. The lowest BCUT2D eigenvalue weighted by molar-refractivity contribution is 0.950. The molecular weight excluding hydrogens is 158 g/mol. The maximum Gasteiger partial charge on any atom is 0.0142 e. The molecule has 68 valence electrons. The summed E-state index contributed by atoms with van der Waals surface area (Å²) in [4.78, 5) is 0. The van der Waals surface area contributed by atoms with E-state index >= 15 is 0 Å². The van der Waals surface area contributed by atoms with E-state index in [1.807, 2.05) is 6.07 Å². The average Bonchev–Trinajstić information content (AvgIpc) is 2.99. The molecule has 2 rings (SSSR count). The number of hydrogen-bond donors (Lipinski definition) is 1. The minimum atomic E-state index is 0.708. The number of benzene rings is 1. The quantitative estimate of drug-likeness (QED) is 0.746. The Morgan fingerprint density at radius 3 is 2.54 bits per heavy atom. The summed E-state index contributed by atoms with van der Waals surface area (Å²) in [6, 6.07) is 10.4. The molecule has 1 heteroatoms.